The normalized spacial score (nSPS) is 11.5. The van der Waals surface area contributed by atoms with E-state index < -0.39 is 5.97 Å². The summed E-state index contributed by atoms with van der Waals surface area (Å²) in [6.07, 6.45) is 1.26. The largest absolute Gasteiger partial charge is 0.478 e. The third kappa shape index (κ3) is 4.21. The number of carboxylic acids is 1. The van der Waals surface area contributed by atoms with Gasteiger partial charge in [-0.15, -0.1) is 11.8 Å². The summed E-state index contributed by atoms with van der Waals surface area (Å²) in [5, 5.41) is 8.55. The van der Waals surface area contributed by atoms with E-state index in [2.05, 4.69) is 13.0 Å². The minimum absolute atomic E-state index is 0.719. The lowest BCUT2D eigenvalue weighted by molar-refractivity contribution is -0.131. The molecule has 0 atom stereocenters. The average Bonchev–Trinajstić information content (AvgIpc) is 2.15. The highest BCUT2D eigenvalue weighted by Crippen LogP contribution is 2.23. The lowest BCUT2D eigenvalue weighted by atomic mass is 10.2. The van der Waals surface area contributed by atoms with Crippen LogP contribution in [-0.2, 0) is 4.79 Å². The second-order valence-corrected chi connectivity index (χ2v) is 4.40. The van der Waals surface area contributed by atoms with Crippen molar-refractivity contribution >= 4 is 17.7 Å². The van der Waals surface area contributed by atoms with E-state index in [9.17, 15) is 4.79 Å². The molecule has 0 unspecified atom stereocenters. The van der Waals surface area contributed by atoms with Crippen LogP contribution in [0.5, 0.6) is 0 Å². The molecule has 1 aromatic carbocycles. The van der Waals surface area contributed by atoms with Gasteiger partial charge in [-0.3, -0.25) is 0 Å². The van der Waals surface area contributed by atoms with Gasteiger partial charge < -0.3 is 5.11 Å². The van der Waals surface area contributed by atoms with E-state index in [1.807, 2.05) is 25.1 Å². The van der Waals surface area contributed by atoms with E-state index in [0.29, 0.717) is 0 Å². The van der Waals surface area contributed by atoms with E-state index in [1.54, 1.807) is 11.8 Å². The Balaban J connectivity index is 2.58. The van der Waals surface area contributed by atoms with Crippen molar-refractivity contribution in [3.8, 4) is 0 Å². The van der Waals surface area contributed by atoms with Gasteiger partial charge in [0.25, 0.3) is 0 Å². The number of hydrogen-bond acceptors (Lipinski definition) is 2. The van der Waals surface area contributed by atoms with E-state index in [0.717, 1.165) is 11.3 Å². The summed E-state index contributed by atoms with van der Waals surface area (Å²) in [7, 11) is 0. The summed E-state index contributed by atoms with van der Waals surface area (Å²) in [4.78, 5) is 11.6. The summed E-state index contributed by atoms with van der Waals surface area (Å²) in [6, 6.07) is 8.09. The van der Waals surface area contributed by atoms with Gasteiger partial charge in [0, 0.05) is 16.7 Å². The van der Waals surface area contributed by atoms with Gasteiger partial charge in [0.1, 0.15) is 0 Å². The quantitative estimate of drug-likeness (QED) is 0.628. The predicted octanol–water partition coefficient (Wildman–Crippen LogP) is 3.12. The Morgan fingerprint density at radius 3 is 2.73 bits per heavy atom. The molecule has 0 saturated heterocycles. The van der Waals surface area contributed by atoms with Crippen molar-refractivity contribution in [3.63, 3.8) is 0 Å². The molecule has 0 amide bonds. The monoisotopic (exact) mass is 222 g/mol. The Labute approximate surface area is 94.0 Å². The zero-order chi connectivity index (χ0) is 11.3. The van der Waals surface area contributed by atoms with Crippen LogP contribution in [0.15, 0.2) is 40.8 Å². The number of aliphatic carboxylic acids is 1. The molecule has 1 rings (SSSR count). The van der Waals surface area contributed by atoms with Gasteiger partial charge >= 0.3 is 5.97 Å². The highest BCUT2D eigenvalue weighted by Gasteiger charge is 1.99. The lowest BCUT2D eigenvalue weighted by Gasteiger charge is -2.04. The molecule has 0 aliphatic carbocycles. The van der Waals surface area contributed by atoms with Crippen LogP contribution >= 0.6 is 11.8 Å². The highest BCUT2D eigenvalue weighted by molar-refractivity contribution is 7.99. The summed E-state index contributed by atoms with van der Waals surface area (Å²) in [5.41, 5.74) is 2.10. The van der Waals surface area contributed by atoms with Gasteiger partial charge in [0.2, 0.25) is 0 Å². The standard InChI is InChI=1S/C12H14O2S/c1-9(7-12(13)14)8-15-11-6-4-3-5-10(11)2/h3-7H,8H2,1-2H3,(H,13,14). The van der Waals surface area contributed by atoms with E-state index >= 15 is 0 Å². The number of rotatable bonds is 4. The van der Waals surface area contributed by atoms with Crippen molar-refractivity contribution in [2.45, 2.75) is 18.7 Å². The molecule has 0 heterocycles. The molecule has 2 nitrogen and oxygen atoms in total. The van der Waals surface area contributed by atoms with Gasteiger partial charge in [0.15, 0.2) is 0 Å². The maximum Gasteiger partial charge on any atom is 0.328 e. The molecule has 1 aromatic rings. The van der Waals surface area contributed by atoms with E-state index in [4.69, 9.17) is 5.11 Å². The maximum absolute atomic E-state index is 10.4. The van der Waals surface area contributed by atoms with Crippen LogP contribution < -0.4 is 0 Å². The molecule has 15 heavy (non-hydrogen) atoms. The molecule has 3 heteroatoms. The Hall–Kier alpha value is -1.22. The Bertz CT molecular complexity index is 383. The zero-order valence-corrected chi connectivity index (χ0v) is 9.67. The topological polar surface area (TPSA) is 37.3 Å². The van der Waals surface area contributed by atoms with Gasteiger partial charge in [-0.1, -0.05) is 23.8 Å². The second-order valence-electron chi connectivity index (χ2n) is 3.38. The fourth-order valence-corrected chi connectivity index (χ4v) is 2.10. The Morgan fingerprint density at radius 1 is 1.47 bits per heavy atom. The van der Waals surface area contributed by atoms with Crippen LogP contribution in [0.1, 0.15) is 12.5 Å². The molecule has 0 saturated carbocycles. The number of benzene rings is 1. The first-order chi connectivity index (χ1) is 7.09. The Morgan fingerprint density at radius 2 is 2.13 bits per heavy atom. The fraction of sp³-hybridized carbons (Fsp3) is 0.250. The van der Waals surface area contributed by atoms with Crippen LogP contribution in [0.2, 0.25) is 0 Å². The van der Waals surface area contributed by atoms with Crippen LogP contribution in [0.4, 0.5) is 0 Å². The smallest absolute Gasteiger partial charge is 0.328 e. The van der Waals surface area contributed by atoms with Crippen LogP contribution in [0, 0.1) is 6.92 Å². The first-order valence-electron chi connectivity index (χ1n) is 4.68. The number of aryl methyl sites for hydroxylation is 1. The fourth-order valence-electron chi connectivity index (χ4n) is 1.16. The second kappa shape index (κ2) is 5.61. The van der Waals surface area contributed by atoms with Crippen molar-refractivity contribution < 1.29 is 9.90 Å². The Kier molecular flexibility index (Phi) is 4.43. The summed E-state index contributed by atoms with van der Waals surface area (Å²) in [5.74, 6) is -0.158. The minimum Gasteiger partial charge on any atom is -0.478 e. The summed E-state index contributed by atoms with van der Waals surface area (Å²) >= 11 is 1.67. The molecular weight excluding hydrogens is 208 g/mol. The summed E-state index contributed by atoms with van der Waals surface area (Å²) < 4.78 is 0. The molecule has 0 radical (unpaired) electrons. The molecule has 1 N–H and O–H groups in total. The van der Waals surface area contributed by atoms with Crippen molar-refractivity contribution in [2.24, 2.45) is 0 Å². The van der Waals surface area contributed by atoms with Gasteiger partial charge in [-0.2, -0.15) is 0 Å². The molecule has 0 aliphatic heterocycles. The third-order valence-electron chi connectivity index (χ3n) is 1.92. The third-order valence-corrected chi connectivity index (χ3v) is 3.29. The summed E-state index contributed by atoms with van der Waals surface area (Å²) in [6.45, 7) is 3.89. The zero-order valence-electron chi connectivity index (χ0n) is 8.86. The lowest BCUT2D eigenvalue weighted by Crippen LogP contribution is -1.92. The molecule has 80 valence electrons. The van der Waals surface area contributed by atoms with Crippen molar-refractivity contribution in [2.75, 3.05) is 5.75 Å². The first kappa shape index (κ1) is 11.9. The molecular formula is C12H14O2S. The number of carbonyl (C=O) groups is 1. The molecule has 0 bridgehead atoms. The SMILES string of the molecule is CC(=CC(=O)O)CSc1ccccc1C. The van der Waals surface area contributed by atoms with Gasteiger partial charge in [-0.25, -0.2) is 4.79 Å². The van der Waals surface area contributed by atoms with Crippen LogP contribution in [0.25, 0.3) is 0 Å². The maximum atomic E-state index is 10.4. The number of thioether (sulfide) groups is 1. The predicted molar refractivity (Wildman–Crippen MR) is 63.3 cm³/mol. The first-order valence-corrected chi connectivity index (χ1v) is 5.66. The molecule has 0 aliphatic rings. The number of carboxylic acid groups (broad SMARTS) is 1. The van der Waals surface area contributed by atoms with Crippen molar-refractivity contribution in [1.29, 1.82) is 0 Å². The minimum atomic E-state index is -0.877. The molecule has 0 fully saturated rings. The van der Waals surface area contributed by atoms with Crippen molar-refractivity contribution in [3.05, 3.63) is 41.5 Å². The van der Waals surface area contributed by atoms with Crippen LogP contribution in [0.3, 0.4) is 0 Å². The van der Waals surface area contributed by atoms with E-state index in [1.165, 1.54) is 16.5 Å². The van der Waals surface area contributed by atoms with Gasteiger partial charge in [0.05, 0.1) is 0 Å². The highest BCUT2D eigenvalue weighted by atomic mass is 32.2. The molecule has 0 aromatic heterocycles. The molecule has 0 spiro atoms. The van der Waals surface area contributed by atoms with Crippen LogP contribution in [-0.4, -0.2) is 16.8 Å². The van der Waals surface area contributed by atoms with E-state index in [-0.39, 0.29) is 0 Å². The van der Waals surface area contributed by atoms with Crippen molar-refractivity contribution in [1.82, 2.24) is 0 Å². The number of hydrogen-bond donors (Lipinski definition) is 1. The van der Waals surface area contributed by atoms with Gasteiger partial charge in [-0.05, 0) is 25.5 Å². The average molecular weight is 222 g/mol.